The van der Waals surface area contributed by atoms with Crippen molar-refractivity contribution in [2.24, 2.45) is 0 Å². The average molecular weight is 542 g/mol. The van der Waals surface area contributed by atoms with Gasteiger partial charge in [-0.2, -0.15) is 12.2 Å². The molecule has 7 heteroatoms. The van der Waals surface area contributed by atoms with E-state index in [1.807, 2.05) is 0 Å². The summed E-state index contributed by atoms with van der Waals surface area (Å²) in [5.74, 6) is 0. The molecule has 0 atom stereocenters. The molecule has 0 aromatic heterocycles. The van der Waals surface area contributed by atoms with Crippen LogP contribution in [0.4, 0.5) is 0 Å². The number of rotatable bonds is 4. The van der Waals surface area contributed by atoms with E-state index in [4.69, 9.17) is 0 Å². The van der Waals surface area contributed by atoms with Crippen molar-refractivity contribution in [3.05, 3.63) is 45.8 Å². The van der Waals surface area contributed by atoms with Crippen molar-refractivity contribution in [2.75, 3.05) is 26.2 Å². The van der Waals surface area contributed by atoms with Gasteiger partial charge in [0.25, 0.3) is 0 Å². The van der Waals surface area contributed by atoms with Gasteiger partial charge in [0.15, 0.2) is 0 Å². The standard InChI is InChI=1S/2C12H20NSi.2FH.Zr/c2*1-11-7-6-8-12(11)14(2,3)13-9-4-5-10-13;;;/h2*7H,4-6,9-10H2,1-3H3;2*1H;/q2*-1;;;+4/p-2. The molecule has 0 spiro atoms. The minimum Gasteiger partial charge on any atom is -1.00 e. The molecule has 31 heavy (non-hydrogen) atoms. The second-order valence-electron chi connectivity index (χ2n) is 9.79. The summed E-state index contributed by atoms with van der Waals surface area (Å²) in [5, 5.41) is 3.14. The van der Waals surface area contributed by atoms with Crippen molar-refractivity contribution >= 4 is 16.5 Å². The van der Waals surface area contributed by atoms with Crippen molar-refractivity contribution in [1.29, 1.82) is 0 Å². The third-order valence-electron chi connectivity index (χ3n) is 7.18. The predicted octanol–water partition coefficient (Wildman–Crippen LogP) is -0.182. The smallest absolute Gasteiger partial charge is 1.00 e. The first kappa shape index (κ1) is 31.1. The molecule has 2 nitrogen and oxygen atoms in total. The second kappa shape index (κ2) is 13.1. The van der Waals surface area contributed by atoms with Crippen LogP contribution in [0.5, 0.6) is 0 Å². The molecule has 2 aliphatic heterocycles. The van der Waals surface area contributed by atoms with Crippen LogP contribution in [0.25, 0.3) is 0 Å². The van der Waals surface area contributed by atoms with Gasteiger partial charge in [0.05, 0.1) is 0 Å². The quantitative estimate of drug-likeness (QED) is 0.360. The normalized spacial score (nSPS) is 21.6. The first-order chi connectivity index (χ1) is 13.2. The SMILES string of the molecule is CC1=CC[C-]=C1[Si](C)(C)N1CCCC1.CC1=CC[C-]=C1[Si](C)(C)N1CCCC1.[F-].[F-].[Zr+4]. The van der Waals surface area contributed by atoms with E-state index >= 15 is 0 Å². The summed E-state index contributed by atoms with van der Waals surface area (Å²) in [7, 11) is -2.66. The summed E-state index contributed by atoms with van der Waals surface area (Å²) < 4.78 is 5.47. The Morgan fingerprint density at radius 1 is 0.645 bits per heavy atom. The molecular weight excluding hydrogens is 502 g/mol. The van der Waals surface area contributed by atoms with Gasteiger partial charge in [-0.15, -0.1) is 26.7 Å². The first-order valence-electron chi connectivity index (χ1n) is 11.3. The van der Waals surface area contributed by atoms with E-state index in [-0.39, 0.29) is 35.6 Å². The largest absolute Gasteiger partial charge is 4.00 e. The number of nitrogens with zero attached hydrogens (tertiary/aromatic N) is 2. The molecular formula is C24H40F2N2Si2Zr. The maximum absolute atomic E-state index is 3.57. The Morgan fingerprint density at radius 2 is 0.935 bits per heavy atom. The summed E-state index contributed by atoms with van der Waals surface area (Å²) in [6.07, 6.45) is 19.4. The Bertz CT molecular complexity index is 642. The molecule has 2 fully saturated rings. The van der Waals surface area contributed by atoms with Crippen LogP contribution >= 0.6 is 0 Å². The van der Waals surface area contributed by atoms with Crippen LogP contribution in [0.15, 0.2) is 33.7 Å². The Labute approximate surface area is 211 Å². The van der Waals surface area contributed by atoms with E-state index in [0.29, 0.717) is 0 Å². The number of hydrogen-bond donors (Lipinski definition) is 0. The van der Waals surface area contributed by atoms with Gasteiger partial charge < -0.3 is 18.5 Å². The topological polar surface area (TPSA) is 6.48 Å². The minimum atomic E-state index is -1.33. The van der Waals surface area contributed by atoms with E-state index in [1.165, 1.54) is 63.0 Å². The van der Waals surface area contributed by atoms with Crippen molar-refractivity contribution in [3.63, 3.8) is 0 Å². The van der Waals surface area contributed by atoms with Crippen LogP contribution in [-0.2, 0) is 26.2 Å². The number of allylic oxidation sites excluding steroid dienone is 8. The average Bonchev–Trinajstić information content (AvgIpc) is 3.42. The summed E-state index contributed by atoms with van der Waals surface area (Å²) >= 11 is 0. The van der Waals surface area contributed by atoms with E-state index in [9.17, 15) is 0 Å². The zero-order chi connectivity index (χ0) is 20.4. The van der Waals surface area contributed by atoms with Crippen molar-refractivity contribution < 1.29 is 35.6 Å². The van der Waals surface area contributed by atoms with Gasteiger partial charge in [-0.25, -0.2) is 21.5 Å². The van der Waals surface area contributed by atoms with Crippen LogP contribution in [0, 0.1) is 12.2 Å². The number of hydrogen-bond acceptors (Lipinski definition) is 2. The van der Waals surface area contributed by atoms with Crippen molar-refractivity contribution in [3.8, 4) is 0 Å². The summed E-state index contributed by atoms with van der Waals surface area (Å²) in [6, 6.07) is 0. The second-order valence-corrected chi connectivity index (χ2v) is 18.3. The molecule has 0 unspecified atom stereocenters. The monoisotopic (exact) mass is 540 g/mol. The van der Waals surface area contributed by atoms with Gasteiger partial charge >= 0.3 is 26.2 Å². The van der Waals surface area contributed by atoms with Crippen molar-refractivity contribution in [1.82, 2.24) is 9.13 Å². The van der Waals surface area contributed by atoms with Crippen LogP contribution in [-0.4, -0.2) is 51.8 Å². The Balaban J connectivity index is 0.000000529. The molecule has 2 heterocycles. The fourth-order valence-electron chi connectivity index (χ4n) is 5.36. The third-order valence-corrected chi connectivity index (χ3v) is 14.8. The van der Waals surface area contributed by atoms with Crippen LogP contribution in [0.3, 0.4) is 0 Å². The van der Waals surface area contributed by atoms with Gasteiger partial charge in [0, 0.05) is 0 Å². The zero-order valence-corrected chi connectivity index (χ0v) is 24.8. The predicted molar refractivity (Wildman–Crippen MR) is 127 cm³/mol. The van der Waals surface area contributed by atoms with E-state index < -0.39 is 16.5 Å². The van der Waals surface area contributed by atoms with Crippen LogP contribution in [0.2, 0.25) is 26.2 Å². The van der Waals surface area contributed by atoms with Gasteiger partial charge in [0.2, 0.25) is 0 Å². The maximum Gasteiger partial charge on any atom is 4.00 e. The zero-order valence-electron chi connectivity index (χ0n) is 20.4. The first-order valence-corrected chi connectivity index (χ1v) is 17.2. The van der Waals surface area contributed by atoms with Gasteiger partial charge in [-0.05, 0) is 51.9 Å². The van der Waals surface area contributed by atoms with E-state index in [2.05, 4.69) is 73.5 Å². The summed E-state index contributed by atoms with van der Waals surface area (Å²) in [4.78, 5) is 0. The van der Waals surface area contributed by atoms with Gasteiger partial charge in [-0.3, -0.25) is 12.2 Å². The van der Waals surface area contributed by atoms with Crippen molar-refractivity contribution in [2.45, 2.75) is 78.6 Å². The van der Waals surface area contributed by atoms with E-state index in [0.717, 1.165) is 12.8 Å². The molecule has 2 saturated heterocycles. The fraction of sp³-hybridized carbons (Fsp3) is 0.667. The summed E-state index contributed by atoms with van der Waals surface area (Å²) in [5.41, 5.74) is 2.99. The summed E-state index contributed by atoms with van der Waals surface area (Å²) in [6.45, 7) is 19.7. The minimum absolute atomic E-state index is 0. The molecule has 0 saturated carbocycles. The molecule has 172 valence electrons. The third kappa shape index (κ3) is 7.02. The fourth-order valence-corrected chi connectivity index (χ4v) is 12.1. The number of halogens is 2. The molecule has 0 aromatic rings. The molecule has 4 aliphatic rings. The van der Waals surface area contributed by atoms with Crippen LogP contribution < -0.4 is 9.41 Å². The van der Waals surface area contributed by atoms with E-state index in [1.54, 1.807) is 10.4 Å². The molecule has 0 N–H and O–H groups in total. The molecule has 0 amide bonds. The molecule has 0 bridgehead atoms. The molecule has 0 aromatic carbocycles. The molecule has 4 rings (SSSR count). The molecule has 0 radical (unpaired) electrons. The van der Waals surface area contributed by atoms with Gasteiger partial charge in [0.1, 0.15) is 16.5 Å². The Hall–Kier alpha value is 0.0569. The Kier molecular flexibility index (Phi) is 13.1. The Morgan fingerprint density at radius 3 is 1.16 bits per heavy atom. The van der Waals surface area contributed by atoms with Crippen LogP contribution in [0.1, 0.15) is 52.4 Å². The molecule has 2 aliphatic carbocycles. The maximum atomic E-state index is 3.57. The van der Waals surface area contributed by atoms with Gasteiger partial charge in [-0.1, -0.05) is 26.2 Å².